The van der Waals surface area contributed by atoms with Crippen LogP contribution in [-0.4, -0.2) is 23.5 Å². The third-order valence-corrected chi connectivity index (χ3v) is 1.64. The molecule has 1 atom stereocenters. The van der Waals surface area contributed by atoms with Gasteiger partial charge in [-0.05, 0) is 34.6 Å². The molecular weight excluding hydrogens is 170 g/mol. The second kappa shape index (κ2) is 2.87. The number of hydrogen-bond acceptors (Lipinski definition) is 3. The van der Waals surface area contributed by atoms with E-state index in [-0.39, 0.29) is 11.8 Å². The maximum absolute atomic E-state index is 11.2. The van der Waals surface area contributed by atoms with Crippen LogP contribution < -0.4 is 5.32 Å². The maximum Gasteiger partial charge on any atom is 0.409 e. The third kappa shape index (κ3) is 3.22. The fourth-order valence-electron chi connectivity index (χ4n) is 0.888. The quantitative estimate of drug-likeness (QED) is 0.635. The van der Waals surface area contributed by atoms with E-state index in [0.717, 1.165) is 0 Å². The Morgan fingerprint density at radius 1 is 1.46 bits per heavy atom. The molecule has 0 radical (unpaired) electrons. The Balaban J connectivity index is 2.28. The molecule has 0 spiro atoms. The number of carbonyl (C=O) groups excluding carboxylic acids is 1. The van der Waals surface area contributed by atoms with E-state index in [1.165, 1.54) is 0 Å². The summed E-state index contributed by atoms with van der Waals surface area (Å²) in [5, 5.41) is 2.62. The lowest BCUT2D eigenvalue weighted by Crippen LogP contribution is -2.35. The van der Waals surface area contributed by atoms with Gasteiger partial charge in [-0.3, -0.25) is 5.32 Å². The third-order valence-electron chi connectivity index (χ3n) is 1.64. The summed E-state index contributed by atoms with van der Waals surface area (Å²) in [6.45, 7) is 9.30. The minimum atomic E-state index is -0.455. The lowest BCUT2D eigenvalue weighted by atomic mass is 10.2. The van der Waals surface area contributed by atoms with Crippen LogP contribution in [0.25, 0.3) is 0 Å². The molecule has 1 fully saturated rings. The standard InChI is InChI=1S/C9H17NO3/c1-8(2,3)13-7(11)10-6-9(4,5)12-6/h6H,1-5H3,(H,10,11). The Morgan fingerprint density at radius 2 is 1.92 bits per heavy atom. The van der Waals surface area contributed by atoms with Crippen LogP contribution in [0.4, 0.5) is 4.79 Å². The van der Waals surface area contributed by atoms with Gasteiger partial charge in [-0.25, -0.2) is 4.79 Å². The van der Waals surface area contributed by atoms with E-state index in [1.54, 1.807) is 0 Å². The Kier molecular flexibility index (Phi) is 2.28. The molecule has 76 valence electrons. The molecule has 1 saturated heterocycles. The van der Waals surface area contributed by atoms with Crippen LogP contribution in [0.3, 0.4) is 0 Å². The molecule has 0 aliphatic carbocycles. The van der Waals surface area contributed by atoms with E-state index in [9.17, 15) is 4.79 Å². The Morgan fingerprint density at radius 3 is 2.23 bits per heavy atom. The topological polar surface area (TPSA) is 50.9 Å². The highest BCUT2D eigenvalue weighted by Crippen LogP contribution is 2.32. The van der Waals surface area contributed by atoms with Gasteiger partial charge in [0.1, 0.15) is 11.2 Å². The second-order valence-electron chi connectivity index (χ2n) is 4.75. The molecule has 1 aliphatic heterocycles. The highest BCUT2D eigenvalue weighted by molar-refractivity contribution is 5.68. The summed E-state index contributed by atoms with van der Waals surface area (Å²) in [6, 6.07) is 0. The minimum Gasteiger partial charge on any atom is -0.444 e. The van der Waals surface area contributed by atoms with Gasteiger partial charge in [-0.1, -0.05) is 0 Å². The van der Waals surface area contributed by atoms with Crippen LogP contribution >= 0.6 is 0 Å². The van der Waals surface area contributed by atoms with Gasteiger partial charge in [-0.15, -0.1) is 0 Å². The monoisotopic (exact) mass is 187 g/mol. The van der Waals surface area contributed by atoms with Crippen molar-refractivity contribution in [3.63, 3.8) is 0 Å². The average molecular weight is 187 g/mol. The molecule has 0 saturated carbocycles. The number of rotatable bonds is 1. The maximum atomic E-state index is 11.2. The van der Waals surface area contributed by atoms with E-state index >= 15 is 0 Å². The van der Waals surface area contributed by atoms with Crippen LogP contribution in [0.1, 0.15) is 34.6 Å². The van der Waals surface area contributed by atoms with E-state index in [0.29, 0.717) is 0 Å². The van der Waals surface area contributed by atoms with Gasteiger partial charge in [0.25, 0.3) is 0 Å². The number of nitrogens with one attached hydrogen (secondary N) is 1. The molecule has 0 aromatic heterocycles. The summed E-state index contributed by atoms with van der Waals surface area (Å²) in [5.41, 5.74) is -0.694. The largest absolute Gasteiger partial charge is 0.444 e. The van der Waals surface area contributed by atoms with Crippen LogP contribution in [-0.2, 0) is 9.47 Å². The molecule has 1 heterocycles. The first kappa shape index (κ1) is 10.3. The highest BCUT2D eigenvalue weighted by Gasteiger charge is 2.49. The van der Waals surface area contributed by atoms with Gasteiger partial charge in [0.05, 0.1) is 0 Å². The number of epoxide rings is 1. The molecule has 0 aromatic carbocycles. The van der Waals surface area contributed by atoms with Gasteiger partial charge < -0.3 is 9.47 Å². The Hall–Kier alpha value is -0.770. The SMILES string of the molecule is CC(C)(C)OC(=O)NC1OC1(C)C. The van der Waals surface area contributed by atoms with E-state index in [2.05, 4.69) is 5.32 Å². The van der Waals surface area contributed by atoms with Crippen molar-refractivity contribution in [2.45, 2.75) is 52.0 Å². The molecule has 13 heavy (non-hydrogen) atoms. The Bertz CT molecular complexity index is 217. The van der Waals surface area contributed by atoms with Crippen LogP contribution in [0.5, 0.6) is 0 Å². The van der Waals surface area contributed by atoms with Gasteiger partial charge in [0, 0.05) is 0 Å². The van der Waals surface area contributed by atoms with Gasteiger partial charge in [-0.2, -0.15) is 0 Å². The normalized spacial score (nSPS) is 25.2. The molecular formula is C9H17NO3. The molecule has 1 N–H and O–H groups in total. The molecule has 0 aromatic rings. The predicted molar refractivity (Wildman–Crippen MR) is 48.3 cm³/mol. The van der Waals surface area contributed by atoms with Crippen molar-refractivity contribution in [1.82, 2.24) is 5.32 Å². The van der Waals surface area contributed by atoms with Crippen molar-refractivity contribution in [1.29, 1.82) is 0 Å². The molecule has 1 amide bonds. The zero-order chi connectivity index (χ0) is 10.3. The van der Waals surface area contributed by atoms with Crippen LogP contribution in [0.2, 0.25) is 0 Å². The number of alkyl carbamates (subject to hydrolysis) is 1. The first-order valence-electron chi connectivity index (χ1n) is 4.38. The van der Waals surface area contributed by atoms with Gasteiger partial charge >= 0.3 is 6.09 Å². The predicted octanol–water partition coefficient (Wildman–Crippen LogP) is 1.65. The van der Waals surface area contributed by atoms with Crippen molar-refractivity contribution in [2.75, 3.05) is 0 Å². The molecule has 0 bridgehead atoms. The molecule has 1 aliphatic rings. The summed E-state index contributed by atoms with van der Waals surface area (Å²) in [7, 11) is 0. The second-order valence-corrected chi connectivity index (χ2v) is 4.75. The number of ether oxygens (including phenoxy) is 2. The fourth-order valence-corrected chi connectivity index (χ4v) is 0.888. The number of hydrogen-bond donors (Lipinski definition) is 1. The van der Waals surface area contributed by atoms with Crippen molar-refractivity contribution >= 4 is 6.09 Å². The first-order valence-corrected chi connectivity index (χ1v) is 4.38. The van der Waals surface area contributed by atoms with E-state index in [1.807, 2.05) is 34.6 Å². The highest BCUT2D eigenvalue weighted by atomic mass is 16.6. The van der Waals surface area contributed by atoms with E-state index < -0.39 is 11.7 Å². The molecule has 4 heteroatoms. The first-order chi connectivity index (χ1) is 5.71. The summed E-state index contributed by atoms with van der Waals surface area (Å²) in [6.07, 6.45) is -0.634. The molecule has 1 rings (SSSR count). The summed E-state index contributed by atoms with van der Waals surface area (Å²) >= 11 is 0. The lowest BCUT2D eigenvalue weighted by molar-refractivity contribution is 0.0503. The average Bonchev–Trinajstić information content (AvgIpc) is 2.32. The minimum absolute atomic E-state index is 0.206. The summed E-state index contributed by atoms with van der Waals surface area (Å²) in [5.74, 6) is 0. The summed E-state index contributed by atoms with van der Waals surface area (Å²) in [4.78, 5) is 11.2. The zero-order valence-corrected chi connectivity index (χ0v) is 8.80. The van der Waals surface area contributed by atoms with Crippen LogP contribution in [0.15, 0.2) is 0 Å². The van der Waals surface area contributed by atoms with Crippen LogP contribution in [0, 0.1) is 0 Å². The summed E-state index contributed by atoms with van der Waals surface area (Å²) < 4.78 is 10.2. The number of carbonyl (C=O) groups is 1. The number of amides is 1. The Labute approximate surface area is 78.6 Å². The van der Waals surface area contributed by atoms with Crippen molar-refractivity contribution in [2.24, 2.45) is 0 Å². The lowest BCUT2D eigenvalue weighted by Gasteiger charge is -2.19. The molecule has 4 nitrogen and oxygen atoms in total. The van der Waals surface area contributed by atoms with Gasteiger partial charge in [0.15, 0.2) is 6.23 Å². The smallest absolute Gasteiger partial charge is 0.409 e. The van der Waals surface area contributed by atoms with Crippen molar-refractivity contribution in [3.05, 3.63) is 0 Å². The molecule has 1 unspecified atom stereocenters. The van der Waals surface area contributed by atoms with Crippen molar-refractivity contribution < 1.29 is 14.3 Å². The fraction of sp³-hybridized carbons (Fsp3) is 0.889. The zero-order valence-electron chi connectivity index (χ0n) is 8.80. The van der Waals surface area contributed by atoms with Crippen molar-refractivity contribution in [3.8, 4) is 0 Å². The van der Waals surface area contributed by atoms with Gasteiger partial charge in [0.2, 0.25) is 0 Å². The van der Waals surface area contributed by atoms with E-state index in [4.69, 9.17) is 9.47 Å².